The van der Waals surface area contributed by atoms with Crippen LogP contribution >= 0.6 is 0 Å². The largest absolute Gasteiger partial charge is 0.413 e. The van der Waals surface area contributed by atoms with Gasteiger partial charge in [0, 0.05) is 0 Å². The van der Waals surface area contributed by atoms with Gasteiger partial charge in [-0.3, -0.25) is 0 Å². The van der Waals surface area contributed by atoms with Crippen molar-refractivity contribution in [3.63, 3.8) is 0 Å². The summed E-state index contributed by atoms with van der Waals surface area (Å²) in [5, 5.41) is 9.07. The Morgan fingerprint density at radius 3 is 2.36 bits per heavy atom. The topological polar surface area (TPSA) is 33.0 Å². The summed E-state index contributed by atoms with van der Waals surface area (Å²) in [5.74, 6) is 0.143. The van der Waals surface area contributed by atoms with Crippen molar-refractivity contribution in [3.05, 3.63) is 0 Å². The van der Waals surface area contributed by atoms with Gasteiger partial charge in [-0.25, -0.2) is 0 Å². The first-order valence-electron chi connectivity index (χ1n) is 5.60. The molecule has 2 atom stereocenters. The Bertz CT molecular complexity index is 216. The molecule has 1 rings (SSSR count). The van der Waals surface area contributed by atoms with Gasteiger partial charge in [0.1, 0.15) is 0 Å². The summed E-state index contributed by atoms with van der Waals surface area (Å²) in [4.78, 5) is 0. The van der Waals surface area contributed by atoms with Crippen molar-refractivity contribution in [2.45, 2.75) is 57.8 Å². The zero-order valence-electron chi connectivity index (χ0n) is 9.55. The summed E-state index contributed by atoms with van der Waals surface area (Å²) in [6.07, 6.45) is 6.03. The number of nitrogens with zero attached hydrogens (tertiary/aromatic N) is 1. The third-order valence-electron chi connectivity index (χ3n) is 2.62. The number of rotatable bonds is 2. The number of nitriles is 1. The molecular weight excluding hydrogens is 190 g/mol. The van der Waals surface area contributed by atoms with E-state index >= 15 is 0 Å². The zero-order valence-corrected chi connectivity index (χ0v) is 10.5. The molecule has 0 aliphatic heterocycles. The lowest BCUT2D eigenvalue weighted by Crippen LogP contribution is -2.35. The van der Waals surface area contributed by atoms with E-state index in [0.29, 0.717) is 0 Å². The third-order valence-corrected chi connectivity index (χ3v) is 3.63. The predicted molar refractivity (Wildman–Crippen MR) is 60.4 cm³/mol. The van der Waals surface area contributed by atoms with Crippen molar-refractivity contribution in [1.82, 2.24) is 0 Å². The molecule has 0 N–H and O–H groups in total. The Balaban J connectivity index is 2.58. The first kappa shape index (κ1) is 11.7. The van der Waals surface area contributed by atoms with Crippen LogP contribution in [0.25, 0.3) is 0 Å². The highest BCUT2D eigenvalue weighted by molar-refractivity contribution is 6.69. The first-order chi connectivity index (χ1) is 6.53. The van der Waals surface area contributed by atoms with Gasteiger partial charge in [0.2, 0.25) is 0 Å². The normalized spacial score (nSPS) is 29.3. The molecule has 14 heavy (non-hydrogen) atoms. The van der Waals surface area contributed by atoms with Crippen LogP contribution < -0.4 is 0 Å². The van der Waals surface area contributed by atoms with Crippen LogP contribution in [-0.2, 0) is 4.43 Å². The van der Waals surface area contributed by atoms with E-state index < -0.39 is 8.32 Å². The van der Waals surface area contributed by atoms with Crippen molar-refractivity contribution >= 4 is 8.32 Å². The van der Waals surface area contributed by atoms with Crippen molar-refractivity contribution in [2.24, 2.45) is 5.92 Å². The maximum absolute atomic E-state index is 9.07. The molecule has 80 valence electrons. The second-order valence-corrected chi connectivity index (χ2v) is 9.60. The van der Waals surface area contributed by atoms with Gasteiger partial charge in [-0.1, -0.05) is 19.3 Å². The molecule has 0 aromatic heterocycles. The quantitative estimate of drug-likeness (QED) is 0.518. The van der Waals surface area contributed by atoms with E-state index in [1.165, 1.54) is 19.3 Å². The fourth-order valence-corrected chi connectivity index (χ4v) is 3.21. The second kappa shape index (κ2) is 4.95. The van der Waals surface area contributed by atoms with Crippen LogP contribution in [0.1, 0.15) is 32.1 Å². The molecular formula is C11H21NOSi. The Kier molecular flexibility index (Phi) is 4.15. The van der Waals surface area contributed by atoms with E-state index in [-0.39, 0.29) is 12.0 Å². The maximum atomic E-state index is 9.07. The Hall–Kier alpha value is -0.333. The average molecular weight is 211 g/mol. The molecule has 1 aliphatic carbocycles. The van der Waals surface area contributed by atoms with Gasteiger partial charge in [0.05, 0.1) is 18.1 Å². The van der Waals surface area contributed by atoms with E-state index in [1.807, 2.05) is 0 Å². The van der Waals surface area contributed by atoms with Gasteiger partial charge in [0.25, 0.3) is 0 Å². The standard InChI is InChI=1S/C11H21NOSi/c1-14(2,3)13-11-8-6-4-5-7-10(11)9-12/h10-11H,4-8H2,1-3H3. The van der Waals surface area contributed by atoms with Gasteiger partial charge in [0.15, 0.2) is 8.32 Å². The molecule has 0 amide bonds. The molecule has 2 nitrogen and oxygen atoms in total. The van der Waals surface area contributed by atoms with Crippen LogP contribution in [0.4, 0.5) is 0 Å². The Morgan fingerprint density at radius 2 is 1.79 bits per heavy atom. The summed E-state index contributed by atoms with van der Waals surface area (Å²) in [7, 11) is -1.48. The van der Waals surface area contributed by atoms with Gasteiger partial charge >= 0.3 is 0 Å². The zero-order chi connectivity index (χ0) is 10.6. The molecule has 0 spiro atoms. The molecule has 0 bridgehead atoms. The molecule has 1 fully saturated rings. The molecule has 0 aromatic rings. The summed E-state index contributed by atoms with van der Waals surface area (Å²) in [6.45, 7) is 6.60. The highest BCUT2D eigenvalue weighted by atomic mass is 28.4. The van der Waals surface area contributed by atoms with Crippen molar-refractivity contribution in [1.29, 1.82) is 5.26 Å². The fourth-order valence-electron chi connectivity index (χ4n) is 2.02. The van der Waals surface area contributed by atoms with E-state index in [4.69, 9.17) is 9.69 Å². The molecule has 1 saturated carbocycles. The van der Waals surface area contributed by atoms with E-state index in [1.54, 1.807) is 0 Å². The highest BCUT2D eigenvalue weighted by Crippen LogP contribution is 2.27. The highest BCUT2D eigenvalue weighted by Gasteiger charge is 2.28. The fraction of sp³-hybridized carbons (Fsp3) is 0.909. The molecule has 0 saturated heterocycles. The molecule has 0 radical (unpaired) electrons. The SMILES string of the molecule is C[Si](C)(C)OC1CCCCCC1C#N. The van der Waals surface area contributed by atoms with Crippen LogP contribution in [0, 0.1) is 17.2 Å². The monoisotopic (exact) mass is 211 g/mol. The Morgan fingerprint density at radius 1 is 1.14 bits per heavy atom. The minimum atomic E-state index is -1.48. The predicted octanol–water partition coefficient (Wildman–Crippen LogP) is 3.31. The van der Waals surface area contributed by atoms with E-state index in [2.05, 4.69) is 25.7 Å². The minimum Gasteiger partial charge on any atom is -0.413 e. The van der Waals surface area contributed by atoms with Gasteiger partial charge in [-0.2, -0.15) is 5.26 Å². The van der Waals surface area contributed by atoms with E-state index in [0.717, 1.165) is 12.8 Å². The average Bonchev–Trinajstić information content (AvgIpc) is 2.27. The summed E-state index contributed by atoms with van der Waals surface area (Å²) in [6, 6.07) is 2.41. The molecule has 0 aromatic carbocycles. The maximum Gasteiger partial charge on any atom is 0.184 e. The second-order valence-electron chi connectivity index (χ2n) is 5.14. The van der Waals surface area contributed by atoms with Crippen molar-refractivity contribution in [3.8, 4) is 6.07 Å². The Labute approximate surface area is 88.4 Å². The summed E-state index contributed by atoms with van der Waals surface area (Å²) >= 11 is 0. The number of hydrogen-bond donors (Lipinski definition) is 0. The smallest absolute Gasteiger partial charge is 0.184 e. The van der Waals surface area contributed by atoms with Crippen LogP contribution in [0.3, 0.4) is 0 Å². The number of hydrogen-bond acceptors (Lipinski definition) is 2. The molecule has 3 heteroatoms. The minimum absolute atomic E-state index is 0.143. The van der Waals surface area contributed by atoms with Crippen LogP contribution in [0.15, 0.2) is 0 Å². The van der Waals surface area contributed by atoms with Crippen molar-refractivity contribution < 1.29 is 4.43 Å². The summed E-state index contributed by atoms with van der Waals surface area (Å²) in [5.41, 5.74) is 0. The van der Waals surface area contributed by atoms with Crippen LogP contribution in [-0.4, -0.2) is 14.4 Å². The molecule has 2 unspecified atom stereocenters. The van der Waals surface area contributed by atoms with Gasteiger partial charge < -0.3 is 4.43 Å². The third kappa shape index (κ3) is 3.81. The lowest BCUT2D eigenvalue weighted by Gasteiger charge is -2.28. The van der Waals surface area contributed by atoms with Crippen LogP contribution in [0.5, 0.6) is 0 Å². The first-order valence-corrected chi connectivity index (χ1v) is 9.01. The summed E-state index contributed by atoms with van der Waals surface area (Å²) < 4.78 is 6.08. The molecule has 0 heterocycles. The van der Waals surface area contributed by atoms with Crippen LogP contribution in [0.2, 0.25) is 19.6 Å². The van der Waals surface area contributed by atoms with Gasteiger partial charge in [-0.05, 0) is 32.5 Å². The molecule has 1 aliphatic rings. The van der Waals surface area contributed by atoms with Crippen molar-refractivity contribution in [2.75, 3.05) is 0 Å². The van der Waals surface area contributed by atoms with E-state index in [9.17, 15) is 0 Å². The lowest BCUT2D eigenvalue weighted by atomic mass is 9.99. The van der Waals surface area contributed by atoms with Gasteiger partial charge in [-0.15, -0.1) is 0 Å². The lowest BCUT2D eigenvalue weighted by molar-refractivity contribution is 0.144.